The van der Waals surface area contributed by atoms with Crippen molar-refractivity contribution >= 4 is 10.9 Å². The average Bonchev–Trinajstić information content (AvgIpc) is 2.53. The Balaban J connectivity index is 2.14. The molecule has 0 aliphatic heterocycles. The molecule has 3 rings (SSSR count). The average molecular weight is 293 g/mol. The first-order valence-electron chi connectivity index (χ1n) is 6.90. The molecule has 0 heterocycles. The molecular weight excluding hydrogens is 276 g/mol. The second kappa shape index (κ2) is 6.06. The lowest BCUT2D eigenvalue weighted by molar-refractivity contribution is 0.469. The summed E-state index contributed by atoms with van der Waals surface area (Å²) in [6, 6.07) is 26.9. The SMILES string of the molecule is Cc1ccc([S+](c2ccccc2)c2ccccc2)cc1O. The predicted octanol–water partition coefficient (Wildman–Crippen LogP) is 4.80. The molecular formula is C19H17OS+. The standard InChI is InChI=1S/C19H16OS/c1-15-12-13-18(14-19(15)20)21(16-8-4-2-5-9-16)17-10-6-3-7-11-17/h2-14H,1H3/p+1. The van der Waals surface area contributed by atoms with E-state index in [1.165, 1.54) is 9.79 Å². The summed E-state index contributed by atoms with van der Waals surface area (Å²) in [6.07, 6.45) is 0. The Hall–Kier alpha value is -2.19. The topological polar surface area (TPSA) is 20.2 Å². The molecule has 0 aromatic heterocycles. The molecule has 104 valence electrons. The van der Waals surface area contributed by atoms with E-state index in [1.54, 1.807) is 0 Å². The number of aromatic hydroxyl groups is 1. The summed E-state index contributed by atoms with van der Waals surface area (Å²) in [5.74, 6) is 0.358. The van der Waals surface area contributed by atoms with E-state index >= 15 is 0 Å². The molecule has 0 unspecified atom stereocenters. The molecule has 0 spiro atoms. The first-order chi connectivity index (χ1) is 10.3. The quantitative estimate of drug-likeness (QED) is 0.688. The van der Waals surface area contributed by atoms with Crippen molar-refractivity contribution in [2.24, 2.45) is 0 Å². The molecule has 1 N–H and O–H groups in total. The van der Waals surface area contributed by atoms with Gasteiger partial charge in [-0.3, -0.25) is 0 Å². The summed E-state index contributed by atoms with van der Waals surface area (Å²) in [7, 11) is -0.193. The molecule has 0 atom stereocenters. The molecule has 0 aliphatic rings. The molecule has 0 saturated heterocycles. The molecule has 1 nitrogen and oxygen atoms in total. The summed E-state index contributed by atoms with van der Waals surface area (Å²) in [4.78, 5) is 3.65. The minimum atomic E-state index is -0.193. The zero-order valence-electron chi connectivity index (χ0n) is 11.9. The van der Waals surface area contributed by atoms with Crippen molar-refractivity contribution in [1.29, 1.82) is 0 Å². The van der Waals surface area contributed by atoms with Gasteiger partial charge in [0.25, 0.3) is 0 Å². The van der Waals surface area contributed by atoms with E-state index in [0.29, 0.717) is 5.75 Å². The van der Waals surface area contributed by atoms with Gasteiger partial charge in [0.15, 0.2) is 14.7 Å². The molecule has 0 aliphatic carbocycles. The lowest BCUT2D eigenvalue weighted by Gasteiger charge is -2.08. The van der Waals surface area contributed by atoms with Crippen molar-refractivity contribution in [2.75, 3.05) is 0 Å². The third-order valence-corrected chi connectivity index (χ3v) is 5.59. The Morgan fingerprint density at radius 1 is 0.667 bits per heavy atom. The molecule has 21 heavy (non-hydrogen) atoms. The second-order valence-electron chi connectivity index (χ2n) is 4.88. The maximum absolute atomic E-state index is 10.0. The highest BCUT2D eigenvalue weighted by Gasteiger charge is 2.28. The lowest BCUT2D eigenvalue weighted by atomic mass is 10.2. The molecule has 0 bridgehead atoms. The normalized spacial score (nSPS) is 10.8. The van der Waals surface area contributed by atoms with Gasteiger partial charge < -0.3 is 5.11 Å². The lowest BCUT2D eigenvalue weighted by Crippen LogP contribution is -2.04. The van der Waals surface area contributed by atoms with E-state index in [1.807, 2.05) is 31.2 Å². The van der Waals surface area contributed by atoms with Gasteiger partial charge >= 0.3 is 0 Å². The summed E-state index contributed by atoms with van der Waals surface area (Å²) < 4.78 is 0. The minimum Gasteiger partial charge on any atom is -0.507 e. The van der Waals surface area contributed by atoms with Gasteiger partial charge in [-0.2, -0.15) is 0 Å². The molecule has 0 saturated carbocycles. The highest BCUT2D eigenvalue weighted by molar-refractivity contribution is 7.97. The Kier molecular flexibility index (Phi) is 3.98. The highest BCUT2D eigenvalue weighted by atomic mass is 32.2. The Bertz CT molecular complexity index is 684. The number of benzene rings is 3. The maximum atomic E-state index is 10.0. The zero-order valence-corrected chi connectivity index (χ0v) is 12.7. The van der Waals surface area contributed by atoms with Gasteiger partial charge in [-0.1, -0.05) is 42.5 Å². The smallest absolute Gasteiger partial charge is 0.170 e. The Morgan fingerprint density at radius 2 is 1.19 bits per heavy atom. The fourth-order valence-electron chi connectivity index (χ4n) is 2.24. The zero-order chi connectivity index (χ0) is 14.7. The van der Waals surface area contributed by atoms with E-state index in [9.17, 15) is 5.11 Å². The van der Waals surface area contributed by atoms with Crippen LogP contribution in [0, 0.1) is 6.92 Å². The monoisotopic (exact) mass is 293 g/mol. The van der Waals surface area contributed by atoms with Gasteiger partial charge in [-0.15, -0.1) is 0 Å². The van der Waals surface area contributed by atoms with Crippen LogP contribution in [0.4, 0.5) is 0 Å². The van der Waals surface area contributed by atoms with Crippen LogP contribution in [0.5, 0.6) is 5.75 Å². The number of rotatable bonds is 3. The largest absolute Gasteiger partial charge is 0.507 e. The Labute approximate surface area is 128 Å². The predicted molar refractivity (Wildman–Crippen MR) is 87.9 cm³/mol. The summed E-state index contributed by atoms with van der Waals surface area (Å²) in [5, 5.41) is 10.0. The molecule has 3 aromatic rings. The van der Waals surface area contributed by atoms with Gasteiger partial charge in [0.1, 0.15) is 5.75 Å². The summed E-state index contributed by atoms with van der Waals surface area (Å²) in [6.45, 7) is 1.92. The van der Waals surface area contributed by atoms with E-state index < -0.39 is 0 Å². The van der Waals surface area contributed by atoms with Crippen LogP contribution in [0.15, 0.2) is 93.5 Å². The fourth-order valence-corrected chi connectivity index (χ4v) is 4.35. The first kappa shape index (κ1) is 13.8. The third-order valence-electron chi connectivity index (χ3n) is 3.37. The minimum absolute atomic E-state index is 0.193. The van der Waals surface area contributed by atoms with Crippen LogP contribution in [0.1, 0.15) is 5.56 Å². The number of phenols is 1. The Morgan fingerprint density at radius 3 is 1.67 bits per heavy atom. The van der Waals surface area contributed by atoms with Crippen LogP contribution in [-0.2, 0) is 10.9 Å². The van der Waals surface area contributed by atoms with Gasteiger partial charge in [0, 0.05) is 6.07 Å². The van der Waals surface area contributed by atoms with Gasteiger partial charge in [0.2, 0.25) is 0 Å². The van der Waals surface area contributed by atoms with Crippen LogP contribution in [0.3, 0.4) is 0 Å². The number of hydrogen-bond donors (Lipinski definition) is 1. The number of phenolic OH excluding ortho intramolecular Hbond substituents is 1. The highest BCUT2D eigenvalue weighted by Crippen LogP contribution is 2.33. The van der Waals surface area contributed by atoms with Crippen LogP contribution >= 0.6 is 0 Å². The first-order valence-corrected chi connectivity index (χ1v) is 8.12. The van der Waals surface area contributed by atoms with Crippen molar-refractivity contribution in [2.45, 2.75) is 21.6 Å². The molecule has 0 amide bonds. The van der Waals surface area contributed by atoms with Gasteiger partial charge in [-0.25, -0.2) is 0 Å². The van der Waals surface area contributed by atoms with Crippen molar-refractivity contribution < 1.29 is 5.11 Å². The summed E-state index contributed by atoms with van der Waals surface area (Å²) >= 11 is 0. The van der Waals surface area contributed by atoms with Crippen LogP contribution in [0.2, 0.25) is 0 Å². The van der Waals surface area contributed by atoms with Crippen molar-refractivity contribution in [3.63, 3.8) is 0 Å². The number of hydrogen-bond acceptors (Lipinski definition) is 1. The van der Waals surface area contributed by atoms with Gasteiger partial charge in [-0.05, 0) is 42.8 Å². The van der Waals surface area contributed by atoms with E-state index in [0.717, 1.165) is 10.5 Å². The van der Waals surface area contributed by atoms with E-state index in [2.05, 4.69) is 54.6 Å². The summed E-state index contributed by atoms with van der Waals surface area (Å²) in [5.41, 5.74) is 0.906. The molecule has 0 radical (unpaired) electrons. The molecule has 0 fully saturated rings. The molecule has 2 heteroatoms. The fraction of sp³-hybridized carbons (Fsp3) is 0.0526. The van der Waals surface area contributed by atoms with E-state index in [-0.39, 0.29) is 10.9 Å². The number of aryl methyl sites for hydroxylation is 1. The van der Waals surface area contributed by atoms with Crippen molar-refractivity contribution in [3.05, 3.63) is 84.4 Å². The second-order valence-corrected chi connectivity index (χ2v) is 6.91. The van der Waals surface area contributed by atoms with Gasteiger partial charge in [0.05, 0.1) is 10.9 Å². The molecule has 3 aromatic carbocycles. The van der Waals surface area contributed by atoms with Crippen molar-refractivity contribution in [3.8, 4) is 5.75 Å². The van der Waals surface area contributed by atoms with Crippen LogP contribution in [0.25, 0.3) is 0 Å². The van der Waals surface area contributed by atoms with E-state index in [4.69, 9.17) is 0 Å². The third kappa shape index (κ3) is 2.96. The van der Waals surface area contributed by atoms with Crippen LogP contribution in [-0.4, -0.2) is 5.11 Å². The maximum Gasteiger partial charge on any atom is 0.170 e. The van der Waals surface area contributed by atoms with Crippen molar-refractivity contribution in [1.82, 2.24) is 0 Å². The van der Waals surface area contributed by atoms with Crippen LogP contribution < -0.4 is 0 Å².